The molecule has 2 aromatic carbocycles. The molecule has 3 rings (SSSR count). The van der Waals surface area contributed by atoms with E-state index in [0.29, 0.717) is 10.9 Å². The van der Waals surface area contributed by atoms with Crippen molar-refractivity contribution in [2.45, 2.75) is 46.2 Å². The normalized spacial score (nSPS) is 12.7. The first-order valence-corrected chi connectivity index (χ1v) is 11.6. The fourth-order valence-electron chi connectivity index (χ4n) is 3.77. The van der Waals surface area contributed by atoms with E-state index >= 15 is 0 Å². The quantitative estimate of drug-likeness (QED) is 0.238. The summed E-state index contributed by atoms with van der Waals surface area (Å²) >= 11 is 0. The second kappa shape index (κ2) is 11.4. The molecule has 0 radical (unpaired) electrons. The third-order valence-electron chi connectivity index (χ3n) is 5.46. The van der Waals surface area contributed by atoms with Crippen LogP contribution >= 0.6 is 0 Å². The van der Waals surface area contributed by atoms with Crippen LogP contribution in [0.2, 0.25) is 0 Å². The van der Waals surface area contributed by atoms with Gasteiger partial charge < -0.3 is 13.9 Å². The molecule has 1 heterocycles. The fourth-order valence-corrected chi connectivity index (χ4v) is 3.77. The van der Waals surface area contributed by atoms with E-state index in [9.17, 15) is 22.8 Å². The van der Waals surface area contributed by atoms with E-state index in [1.165, 1.54) is 6.07 Å². The molecule has 0 saturated heterocycles. The van der Waals surface area contributed by atoms with Gasteiger partial charge in [-0.1, -0.05) is 45.0 Å². The Hall–Kier alpha value is -3.29. The molecule has 5 nitrogen and oxygen atoms in total. The summed E-state index contributed by atoms with van der Waals surface area (Å²) in [7, 11) is 0. The maximum atomic E-state index is 13.0. The smallest absolute Gasteiger partial charge is 0.389 e. The molecule has 0 aliphatic rings. The summed E-state index contributed by atoms with van der Waals surface area (Å²) in [5, 5.41) is 0.660. The largest absolute Gasteiger partial charge is 0.493 e. The number of carbonyl (C=O) groups is 1. The molecule has 3 aromatic rings. The third-order valence-corrected chi connectivity index (χ3v) is 5.46. The number of carbonyl (C=O) groups excluding carboxylic acids is 1. The maximum Gasteiger partial charge on any atom is 0.389 e. The molecule has 1 aromatic heterocycles. The highest BCUT2D eigenvalue weighted by atomic mass is 19.4. The monoisotopic (exact) mass is 490 g/mol. The van der Waals surface area contributed by atoms with Crippen LogP contribution < -0.4 is 10.4 Å². The van der Waals surface area contributed by atoms with E-state index in [2.05, 4.69) is 0 Å². The summed E-state index contributed by atoms with van der Waals surface area (Å²) < 4.78 is 55.1. The maximum absolute atomic E-state index is 13.0. The molecule has 0 bridgehead atoms. The standard InChI is InChI=1S/C27H29F3O5/c1-4-19-7-5-6-8-22(19)23-12-20-9-10-21(13-24(20)35-26(23)32)33-15-18(14-27(28,29)30)16-34-25(31)11-17(2)3/h5-10,12-13,17-18H,4,11,14-16H2,1-3H3. The molecule has 0 saturated carbocycles. The fraction of sp³-hybridized carbons (Fsp3) is 0.407. The van der Waals surface area contributed by atoms with Crippen molar-refractivity contribution in [3.05, 3.63) is 64.5 Å². The van der Waals surface area contributed by atoms with Crippen molar-refractivity contribution in [3.63, 3.8) is 0 Å². The Balaban J connectivity index is 1.76. The lowest BCUT2D eigenvalue weighted by Crippen LogP contribution is -2.26. The number of hydrogen-bond donors (Lipinski definition) is 0. The van der Waals surface area contributed by atoms with Gasteiger partial charge in [-0.3, -0.25) is 4.79 Å². The van der Waals surface area contributed by atoms with Crippen molar-refractivity contribution in [2.75, 3.05) is 13.2 Å². The van der Waals surface area contributed by atoms with Gasteiger partial charge in [-0.15, -0.1) is 0 Å². The predicted octanol–water partition coefficient (Wildman–Crippen LogP) is 6.56. The summed E-state index contributed by atoms with van der Waals surface area (Å²) in [6.07, 6.45) is -4.69. The number of esters is 1. The molecule has 1 atom stereocenters. The zero-order chi connectivity index (χ0) is 25.6. The van der Waals surface area contributed by atoms with Gasteiger partial charge in [0.25, 0.3) is 0 Å². The van der Waals surface area contributed by atoms with Crippen molar-refractivity contribution in [2.24, 2.45) is 11.8 Å². The van der Waals surface area contributed by atoms with Gasteiger partial charge in [0.05, 0.1) is 25.2 Å². The Kier molecular flexibility index (Phi) is 8.59. The van der Waals surface area contributed by atoms with E-state index in [4.69, 9.17) is 13.9 Å². The first kappa shape index (κ1) is 26.3. The second-order valence-corrected chi connectivity index (χ2v) is 8.94. The van der Waals surface area contributed by atoms with Crippen LogP contribution in [0.4, 0.5) is 13.2 Å². The topological polar surface area (TPSA) is 65.7 Å². The van der Waals surface area contributed by atoms with Gasteiger partial charge in [0.15, 0.2) is 0 Å². The number of rotatable bonds is 10. The summed E-state index contributed by atoms with van der Waals surface area (Å²) in [6.45, 7) is 4.94. The van der Waals surface area contributed by atoms with Gasteiger partial charge in [0, 0.05) is 23.8 Å². The molecule has 0 aliphatic carbocycles. The predicted molar refractivity (Wildman–Crippen MR) is 127 cm³/mol. The van der Waals surface area contributed by atoms with Crippen molar-refractivity contribution >= 4 is 16.9 Å². The number of hydrogen-bond acceptors (Lipinski definition) is 5. The number of benzene rings is 2. The summed E-state index contributed by atoms with van der Waals surface area (Å²) in [5.74, 6) is -1.31. The van der Waals surface area contributed by atoms with Crippen LogP contribution in [0.5, 0.6) is 5.75 Å². The molecule has 188 valence electrons. The second-order valence-electron chi connectivity index (χ2n) is 8.94. The number of alkyl halides is 3. The van der Waals surface area contributed by atoms with Crippen LogP contribution in [-0.2, 0) is 16.0 Å². The van der Waals surface area contributed by atoms with Crippen LogP contribution in [0.25, 0.3) is 22.1 Å². The molecular weight excluding hydrogens is 461 g/mol. The van der Waals surface area contributed by atoms with E-state index in [1.54, 1.807) is 18.2 Å². The minimum absolute atomic E-state index is 0.0445. The molecule has 1 unspecified atom stereocenters. The van der Waals surface area contributed by atoms with Crippen molar-refractivity contribution in [1.82, 2.24) is 0 Å². The summed E-state index contributed by atoms with van der Waals surface area (Å²) in [6, 6.07) is 14.1. The first-order chi connectivity index (χ1) is 16.6. The Labute approximate surface area is 201 Å². The lowest BCUT2D eigenvalue weighted by molar-refractivity contribution is -0.160. The Morgan fingerprint density at radius 2 is 1.77 bits per heavy atom. The Bertz CT molecular complexity index is 1210. The molecule has 35 heavy (non-hydrogen) atoms. The lowest BCUT2D eigenvalue weighted by Gasteiger charge is -2.19. The van der Waals surface area contributed by atoms with Crippen LogP contribution in [-0.4, -0.2) is 25.4 Å². The van der Waals surface area contributed by atoms with Crippen molar-refractivity contribution < 1.29 is 31.9 Å². The van der Waals surface area contributed by atoms with Gasteiger partial charge in [-0.25, -0.2) is 4.79 Å². The zero-order valence-electron chi connectivity index (χ0n) is 20.0. The summed E-state index contributed by atoms with van der Waals surface area (Å²) in [4.78, 5) is 24.4. The first-order valence-electron chi connectivity index (χ1n) is 11.6. The molecular formula is C27H29F3O5. The third kappa shape index (κ3) is 7.60. The zero-order valence-corrected chi connectivity index (χ0v) is 20.0. The molecule has 8 heteroatoms. The van der Waals surface area contributed by atoms with E-state index in [1.807, 2.05) is 45.0 Å². The van der Waals surface area contributed by atoms with Gasteiger partial charge in [0.1, 0.15) is 11.3 Å². The highest BCUT2D eigenvalue weighted by Gasteiger charge is 2.33. The number of fused-ring (bicyclic) bond motifs is 1. The number of halogens is 3. The number of aryl methyl sites for hydroxylation is 1. The van der Waals surface area contributed by atoms with Crippen LogP contribution in [0, 0.1) is 11.8 Å². The van der Waals surface area contributed by atoms with Crippen LogP contribution in [0.1, 0.15) is 39.2 Å². The molecule has 0 fully saturated rings. The molecule has 0 N–H and O–H groups in total. The van der Waals surface area contributed by atoms with E-state index in [-0.39, 0.29) is 30.3 Å². The lowest BCUT2D eigenvalue weighted by atomic mass is 9.98. The molecule has 0 amide bonds. The van der Waals surface area contributed by atoms with Gasteiger partial charge in [0.2, 0.25) is 0 Å². The molecule has 0 spiro atoms. The van der Waals surface area contributed by atoms with Crippen molar-refractivity contribution in [1.29, 1.82) is 0 Å². The van der Waals surface area contributed by atoms with Crippen LogP contribution in [0.3, 0.4) is 0 Å². The number of ether oxygens (including phenoxy) is 2. The highest BCUT2D eigenvalue weighted by molar-refractivity contribution is 5.83. The minimum atomic E-state index is -4.43. The molecule has 0 aliphatic heterocycles. The minimum Gasteiger partial charge on any atom is -0.493 e. The average Bonchev–Trinajstić information content (AvgIpc) is 2.79. The Morgan fingerprint density at radius 3 is 2.46 bits per heavy atom. The van der Waals surface area contributed by atoms with Gasteiger partial charge in [-0.05, 0) is 41.7 Å². The van der Waals surface area contributed by atoms with Crippen LogP contribution in [0.15, 0.2) is 57.7 Å². The average molecular weight is 491 g/mol. The Morgan fingerprint density at radius 1 is 1.03 bits per heavy atom. The van der Waals surface area contributed by atoms with Gasteiger partial charge in [-0.2, -0.15) is 13.2 Å². The summed E-state index contributed by atoms with van der Waals surface area (Å²) in [5.41, 5.74) is 2.01. The van der Waals surface area contributed by atoms with E-state index in [0.717, 1.165) is 17.5 Å². The van der Waals surface area contributed by atoms with Crippen molar-refractivity contribution in [3.8, 4) is 16.9 Å². The SMILES string of the molecule is CCc1ccccc1-c1cc2ccc(OCC(COC(=O)CC(C)C)CC(F)(F)F)cc2oc1=O. The van der Waals surface area contributed by atoms with Gasteiger partial charge >= 0.3 is 17.8 Å². The highest BCUT2D eigenvalue weighted by Crippen LogP contribution is 2.29. The van der Waals surface area contributed by atoms with E-state index < -0.39 is 36.7 Å².